The minimum Gasteiger partial charge on any atom is -0.396 e. The molecule has 0 atom stereocenters. The number of hydrogen-bond acceptors (Lipinski definition) is 3. The molecule has 2 aromatic heterocycles. The van der Waals surface area contributed by atoms with Crippen molar-refractivity contribution in [2.24, 2.45) is 0 Å². The van der Waals surface area contributed by atoms with E-state index < -0.39 is 11.6 Å². The molecule has 3 aromatic rings. The fourth-order valence-corrected chi connectivity index (χ4v) is 2.12. The molecule has 2 N–H and O–H groups in total. The monoisotopic (exact) mass is 324 g/mol. The Morgan fingerprint density at radius 3 is 2.68 bits per heavy atom. The van der Waals surface area contributed by atoms with Crippen LogP contribution in [0, 0.1) is 11.6 Å². The molecule has 0 aliphatic carbocycles. The van der Waals surface area contributed by atoms with Crippen LogP contribution in [0.15, 0.2) is 34.9 Å². The van der Waals surface area contributed by atoms with Crippen molar-refractivity contribution in [3.63, 3.8) is 0 Å². The molecule has 0 fully saturated rings. The molecule has 0 bridgehead atoms. The molecule has 0 saturated carbocycles. The number of nitrogens with zero attached hydrogens (tertiary/aromatic N) is 3. The zero-order chi connectivity index (χ0) is 13.6. The van der Waals surface area contributed by atoms with E-state index in [-0.39, 0.29) is 17.1 Å². The summed E-state index contributed by atoms with van der Waals surface area (Å²) < 4.78 is 29.4. The highest BCUT2D eigenvalue weighted by molar-refractivity contribution is 9.10. The van der Waals surface area contributed by atoms with Crippen molar-refractivity contribution in [3.8, 4) is 11.4 Å². The number of pyridine rings is 1. The highest BCUT2D eigenvalue weighted by Crippen LogP contribution is 2.26. The van der Waals surface area contributed by atoms with Gasteiger partial charge in [0.15, 0.2) is 11.5 Å². The smallest absolute Gasteiger partial charge is 0.171 e. The van der Waals surface area contributed by atoms with Crippen LogP contribution in [0.4, 0.5) is 14.5 Å². The van der Waals surface area contributed by atoms with Gasteiger partial charge < -0.3 is 5.73 Å². The van der Waals surface area contributed by atoms with Crippen LogP contribution in [0.3, 0.4) is 0 Å². The summed E-state index contributed by atoms with van der Waals surface area (Å²) in [6.45, 7) is 0. The van der Waals surface area contributed by atoms with Crippen LogP contribution in [-0.4, -0.2) is 14.6 Å². The van der Waals surface area contributed by atoms with Gasteiger partial charge in [-0.15, -0.1) is 10.2 Å². The molecule has 0 spiro atoms. The molecule has 2 heterocycles. The van der Waals surface area contributed by atoms with E-state index in [1.807, 2.05) is 0 Å². The number of halogens is 3. The lowest BCUT2D eigenvalue weighted by Gasteiger charge is -2.04. The van der Waals surface area contributed by atoms with Gasteiger partial charge in [0, 0.05) is 16.7 Å². The number of fused-ring (bicyclic) bond motifs is 1. The zero-order valence-corrected chi connectivity index (χ0v) is 11.0. The Labute approximate surface area is 115 Å². The topological polar surface area (TPSA) is 56.2 Å². The predicted octanol–water partition coefficient (Wildman–Crippen LogP) is 3.02. The van der Waals surface area contributed by atoms with E-state index >= 15 is 0 Å². The van der Waals surface area contributed by atoms with Crippen molar-refractivity contribution in [1.29, 1.82) is 0 Å². The minimum absolute atomic E-state index is 0.101. The normalized spacial score (nSPS) is 11.1. The number of rotatable bonds is 1. The molecular weight excluding hydrogens is 318 g/mol. The highest BCUT2D eigenvalue weighted by Gasteiger charge is 2.15. The van der Waals surface area contributed by atoms with Crippen LogP contribution < -0.4 is 5.73 Å². The zero-order valence-electron chi connectivity index (χ0n) is 9.44. The summed E-state index contributed by atoms with van der Waals surface area (Å²) in [4.78, 5) is 0. The molecule has 0 aliphatic heterocycles. The fraction of sp³-hybridized carbons (Fsp3) is 0. The van der Waals surface area contributed by atoms with Crippen molar-refractivity contribution in [3.05, 3.63) is 46.6 Å². The van der Waals surface area contributed by atoms with Crippen molar-refractivity contribution in [1.82, 2.24) is 14.6 Å². The molecule has 0 radical (unpaired) electrons. The average Bonchev–Trinajstić information content (AvgIpc) is 2.76. The first-order valence-corrected chi connectivity index (χ1v) is 6.11. The fourth-order valence-electron chi connectivity index (χ4n) is 1.79. The number of benzene rings is 1. The Morgan fingerprint density at radius 2 is 1.89 bits per heavy atom. The van der Waals surface area contributed by atoms with E-state index in [1.54, 1.807) is 22.7 Å². The van der Waals surface area contributed by atoms with E-state index in [1.165, 1.54) is 6.07 Å². The molecule has 0 aliphatic rings. The van der Waals surface area contributed by atoms with Gasteiger partial charge >= 0.3 is 0 Å². The third-order valence-electron chi connectivity index (χ3n) is 2.69. The van der Waals surface area contributed by atoms with Crippen LogP contribution in [-0.2, 0) is 0 Å². The van der Waals surface area contributed by atoms with E-state index in [4.69, 9.17) is 5.73 Å². The van der Waals surface area contributed by atoms with Crippen molar-refractivity contribution in [2.75, 3.05) is 5.73 Å². The van der Waals surface area contributed by atoms with E-state index in [9.17, 15) is 8.78 Å². The maximum absolute atomic E-state index is 13.8. The van der Waals surface area contributed by atoms with Gasteiger partial charge in [0.2, 0.25) is 0 Å². The van der Waals surface area contributed by atoms with Crippen LogP contribution >= 0.6 is 15.9 Å². The molecule has 0 saturated heterocycles. The first-order valence-electron chi connectivity index (χ1n) is 5.31. The van der Waals surface area contributed by atoms with Gasteiger partial charge in [-0.1, -0.05) is 0 Å². The Balaban J connectivity index is 2.30. The quantitative estimate of drug-likeness (QED) is 0.700. The molecule has 1 aromatic carbocycles. The Kier molecular flexibility index (Phi) is 2.70. The Hall–Kier alpha value is -2.02. The summed E-state index contributed by atoms with van der Waals surface area (Å²) in [5.74, 6) is -1.27. The van der Waals surface area contributed by atoms with Gasteiger partial charge in [-0.05, 0) is 34.1 Å². The molecule has 3 rings (SSSR count). The van der Waals surface area contributed by atoms with Gasteiger partial charge in [0.05, 0.1) is 11.3 Å². The van der Waals surface area contributed by atoms with Crippen LogP contribution in [0.25, 0.3) is 17.0 Å². The lowest BCUT2D eigenvalue weighted by molar-refractivity contribution is 0.587. The van der Waals surface area contributed by atoms with Crippen molar-refractivity contribution < 1.29 is 8.78 Å². The first kappa shape index (κ1) is 12.0. The van der Waals surface area contributed by atoms with Gasteiger partial charge in [0.25, 0.3) is 0 Å². The molecule has 19 heavy (non-hydrogen) atoms. The molecule has 4 nitrogen and oxygen atoms in total. The third-order valence-corrected chi connectivity index (χ3v) is 3.16. The lowest BCUT2D eigenvalue weighted by atomic mass is 10.1. The number of aromatic nitrogens is 3. The highest BCUT2D eigenvalue weighted by atomic mass is 79.9. The summed E-state index contributed by atoms with van der Waals surface area (Å²) >= 11 is 3.31. The van der Waals surface area contributed by atoms with Gasteiger partial charge in [-0.3, -0.25) is 4.40 Å². The third kappa shape index (κ3) is 1.95. The van der Waals surface area contributed by atoms with Gasteiger partial charge in [0.1, 0.15) is 11.6 Å². The summed E-state index contributed by atoms with van der Waals surface area (Å²) in [7, 11) is 0. The Bertz CT molecular complexity index is 785. The number of nitrogens with two attached hydrogens (primary N) is 1. The molecule has 96 valence electrons. The SMILES string of the molecule is Nc1cc(-c2nnc3ccc(Br)cn23)c(F)cc1F. The van der Waals surface area contributed by atoms with E-state index in [0.717, 1.165) is 10.5 Å². The summed E-state index contributed by atoms with van der Waals surface area (Å²) in [5.41, 5.74) is 5.98. The number of nitrogen functional groups attached to an aromatic ring is 1. The molecule has 0 amide bonds. The van der Waals surface area contributed by atoms with Crippen LogP contribution in [0.2, 0.25) is 0 Å². The first-order chi connectivity index (χ1) is 9.06. The molecular formula is C12H7BrF2N4. The van der Waals surface area contributed by atoms with Crippen LogP contribution in [0.5, 0.6) is 0 Å². The average molecular weight is 325 g/mol. The van der Waals surface area contributed by atoms with Gasteiger partial charge in [-0.25, -0.2) is 8.78 Å². The van der Waals surface area contributed by atoms with Crippen LogP contribution in [0.1, 0.15) is 0 Å². The second-order valence-electron chi connectivity index (χ2n) is 3.95. The molecule has 0 unspecified atom stereocenters. The predicted molar refractivity (Wildman–Crippen MR) is 70.5 cm³/mol. The standard InChI is InChI=1S/C12H7BrF2N4/c13-6-1-2-11-17-18-12(19(11)5-6)7-3-10(16)9(15)4-8(7)14/h1-5H,16H2. The van der Waals surface area contributed by atoms with Gasteiger partial charge in [-0.2, -0.15) is 0 Å². The largest absolute Gasteiger partial charge is 0.396 e. The maximum atomic E-state index is 13.8. The summed E-state index contributed by atoms with van der Waals surface area (Å²) in [6.07, 6.45) is 1.70. The summed E-state index contributed by atoms with van der Waals surface area (Å²) in [6, 6.07) is 5.47. The second kappa shape index (κ2) is 4.27. The number of hydrogen-bond donors (Lipinski definition) is 1. The van der Waals surface area contributed by atoms with Crippen molar-refractivity contribution in [2.45, 2.75) is 0 Å². The molecule has 7 heteroatoms. The van der Waals surface area contributed by atoms with Crippen molar-refractivity contribution >= 4 is 27.3 Å². The summed E-state index contributed by atoms with van der Waals surface area (Å²) in [5, 5.41) is 7.83. The van der Waals surface area contributed by atoms with E-state index in [0.29, 0.717) is 5.65 Å². The lowest BCUT2D eigenvalue weighted by Crippen LogP contribution is -1.97. The Morgan fingerprint density at radius 1 is 1.11 bits per heavy atom. The second-order valence-corrected chi connectivity index (χ2v) is 4.87. The number of anilines is 1. The minimum atomic E-state index is -0.795. The maximum Gasteiger partial charge on any atom is 0.171 e. The van der Waals surface area contributed by atoms with E-state index in [2.05, 4.69) is 26.1 Å².